The van der Waals surface area contributed by atoms with Crippen LogP contribution in [0.4, 0.5) is 8.78 Å². The van der Waals surface area contributed by atoms with E-state index in [0.29, 0.717) is 12.5 Å². The molecule has 1 aromatic heterocycles. The van der Waals surface area contributed by atoms with Gasteiger partial charge in [-0.05, 0) is 68.7 Å². The van der Waals surface area contributed by atoms with Gasteiger partial charge in [0.2, 0.25) is 11.8 Å². The fourth-order valence-corrected chi connectivity index (χ4v) is 6.16. The Hall–Kier alpha value is -3.76. The molecule has 232 valence electrons. The van der Waals surface area contributed by atoms with Crippen molar-refractivity contribution < 1.29 is 37.4 Å². The smallest absolute Gasteiger partial charge is 0.387 e. The molecule has 3 aliphatic rings. The van der Waals surface area contributed by atoms with Crippen LogP contribution in [0, 0.1) is 5.92 Å². The normalized spacial score (nSPS) is 22.4. The van der Waals surface area contributed by atoms with Crippen molar-refractivity contribution in [1.82, 2.24) is 14.8 Å². The Kier molecular flexibility index (Phi) is 9.17. The fourth-order valence-electron chi connectivity index (χ4n) is 6.16. The lowest BCUT2D eigenvalue weighted by Crippen LogP contribution is -2.52. The molecule has 0 bridgehead atoms. The molecular weight excluding hydrogens is 560 g/mol. The van der Waals surface area contributed by atoms with E-state index in [2.05, 4.69) is 9.72 Å². The van der Waals surface area contributed by atoms with E-state index in [1.54, 1.807) is 43.1 Å². The molecule has 1 unspecified atom stereocenters. The Balaban J connectivity index is 1.32. The third kappa shape index (κ3) is 7.08. The number of benzene rings is 1. The Bertz CT molecular complexity index is 1350. The maximum Gasteiger partial charge on any atom is 0.387 e. The van der Waals surface area contributed by atoms with E-state index in [4.69, 9.17) is 9.47 Å². The first-order valence-corrected chi connectivity index (χ1v) is 15.0. The number of ether oxygens (including phenoxy) is 3. The van der Waals surface area contributed by atoms with E-state index in [-0.39, 0.29) is 59.8 Å². The number of rotatable bonds is 10. The number of amides is 2. The summed E-state index contributed by atoms with van der Waals surface area (Å²) in [5.74, 6) is -0.990. The molecule has 11 heteroatoms. The van der Waals surface area contributed by atoms with Crippen LogP contribution in [0.25, 0.3) is 0 Å². The van der Waals surface area contributed by atoms with Gasteiger partial charge < -0.3 is 24.0 Å². The fraction of sp³-hybridized carbons (Fsp3) is 0.562. The number of hydrogen-bond acceptors (Lipinski definition) is 7. The molecule has 2 atom stereocenters. The first kappa shape index (κ1) is 30.7. The van der Waals surface area contributed by atoms with Crippen molar-refractivity contribution in [3.05, 3.63) is 47.7 Å². The Morgan fingerprint density at radius 3 is 2.49 bits per heavy atom. The SMILES string of the molecule is CC(=O)N1CC(c2ccc(OC(F)F)c(OCC3CC3)c2)C[C@]1(C)C(=O)Oc1cccc(C(=O)N(C)C2CCCCC2)n1. The molecule has 5 rings (SSSR count). The van der Waals surface area contributed by atoms with E-state index in [1.807, 2.05) is 0 Å². The van der Waals surface area contributed by atoms with Crippen LogP contribution in [0.15, 0.2) is 36.4 Å². The van der Waals surface area contributed by atoms with Crippen LogP contribution in [-0.2, 0) is 9.59 Å². The number of hydrogen-bond donors (Lipinski definition) is 0. The average molecular weight is 600 g/mol. The number of nitrogens with zero attached hydrogens (tertiary/aromatic N) is 3. The lowest BCUT2D eigenvalue weighted by Gasteiger charge is -2.32. The molecule has 0 spiro atoms. The van der Waals surface area contributed by atoms with Crippen LogP contribution in [0.3, 0.4) is 0 Å². The number of carbonyl (C=O) groups excluding carboxylic acids is 3. The van der Waals surface area contributed by atoms with Gasteiger partial charge in [-0.3, -0.25) is 9.59 Å². The van der Waals surface area contributed by atoms with Gasteiger partial charge in [-0.1, -0.05) is 31.4 Å². The van der Waals surface area contributed by atoms with Gasteiger partial charge in [0.1, 0.15) is 11.2 Å². The zero-order valence-electron chi connectivity index (χ0n) is 24.9. The van der Waals surface area contributed by atoms with Gasteiger partial charge in [-0.25, -0.2) is 9.78 Å². The van der Waals surface area contributed by atoms with Gasteiger partial charge in [-0.15, -0.1) is 0 Å². The zero-order valence-corrected chi connectivity index (χ0v) is 24.9. The highest BCUT2D eigenvalue weighted by Gasteiger charge is 2.51. The topological polar surface area (TPSA) is 98.3 Å². The van der Waals surface area contributed by atoms with E-state index in [1.165, 1.54) is 30.4 Å². The van der Waals surface area contributed by atoms with Gasteiger partial charge >= 0.3 is 12.6 Å². The van der Waals surface area contributed by atoms with Crippen molar-refractivity contribution in [2.24, 2.45) is 5.92 Å². The van der Waals surface area contributed by atoms with Gasteiger partial charge in [-0.2, -0.15) is 8.78 Å². The number of halogens is 2. The number of likely N-dealkylation sites (tertiary alicyclic amines) is 1. The summed E-state index contributed by atoms with van der Waals surface area (Å²) in [6.07, 6.45) is 7.54. The first-order chi connectivity index (χ1) is 20.5. The highest BCUT2D eigenvalue weighted by molar-refractivity contribution is 5.93. The van der Waals surface area contributed by atoms with Gasteiger partial charge in [0, 0.05) is 38.5 Å². The Morgan fingerprint density at radius 1 is 1.07 bits per heavy atom. The molecule has 1 aliphatic heterocycles. The predicted octanol–water partition coefficient (Wildman–Crippen LogP) is 5.58. The van der Waals surface area contributed by atoms with Crippen molar-refractivity contribution in [3.63, 3.8) is 0 Å². The van der Waals surface area contributed by atoms with Crippen LogP contribution in [0.5, 0.6) is 17.4 Å². The molecule has 43 heavy (non-hydrogen) atoms. The molecule has 2 aliphatic carbocycles. The molecule has 2 aromatic rings. The van der Waals surface area contributed by atoms with Crippen LogP contribution >= 0.6 is 0 Å². The van der Waals surface area contributed by atoms with Crippen LogP contribution in [0.2, 0.25) is 0 Å². The molecule has 0 radical (unpaired) electrons. The molecule has 3 fully saturated rings. The molecular formula is C32H39F2N3O6. The quantitative estimate of drug-likeness (QED) is 0.329. The minimum Gasteiger partial charge on any atom is -0.489 e. The Morgan fingerprint density at radius 2 is 1.81 bits per heavy atom. The maximum absolute atomic E-state index is 13.6. The lowest BCUT2D eigenvalue weighted by molar-refractivity contribution is -0.152. The summed E-state index contributed by atoms with van der Waals surface area (Å²) in [6.45, 7) is 0.651. The summed E-state index contributed by atoms with van der Waals surface area (Å²) >= 11 is 0. The molecule has 2 amide bonds. The van der Waals surface area contributed by atoms with E-state index in [0.717, 1.165) is 44.1 Å². The minimum atomic E-state index is -3.00. The highest BCUT2D eigenvalue weighted by Crippen LogP contribution is 2.43. The first-order valence-electron chi connectivity index (χ1n) is 15.0. The zero-order chi connectivity index (χ0) is 30.7. The number of pyridine rings is 1. The van der Waals surface area contributed by atoms with Crippen LogP contribution < -0.4 is 14.2 Å². The van der Waals surface area contributed by atoms with E-state index in [9.17, 15) is 23.2 Å². The third-order valence-electron chi connectivity index (χ3n) is 8.87. The highest BCUT2D eigenvalue weighted by atomic mass is 19.3. The molecule has 0 N–H and O–H groups in total. The molecule has 9 nitrogen and oxygen atoms in total. The van der Waals surface area contributed by atoms with Crippen LogP contribution in [-0.4, -0.2) is 71.0 Å². The predicted molar refractivity (Wildman–Crippen MR) is 153 cm³/mol. The number of esters is 1. The number of carbonyl (C=O) groups is 3. The van der Waals surface area contributed by atoms with E-state index >= 15 is 0 Å². The van der Waals surface area contributed by atoms with Gasteiger partial charge in [0.25, 0.3) is 5.91 Å². The second kappa shape index (κ2) is 12.9. The molecule has 1 aromatic carbocycles. The summed E-state index contributed by atoms with van der Waals surface area (Å²) < 4.78 is 42.2. The third-order valence-corrected chi connectivity index (χ3v) is 8.87. The summed E-state index contributed by atoms with van der Waals surface area (Å²) in [6, 6.07) is 9.62. The van der Waals surface area contributed by atoms with Crippen LogP contribution in [0.1, 0.15) is 87.2 Å². The summed E-state index contributed by atoms with van der Waals surface area (Å²) in [4.78, 5) is 47.0. The minimum absolute atomic E-state index is 0.0228. The van der Waals surface area contributed by atoms with Crippen molar-refractivity contribution in [3.8, 4) is 17.4 Å². The standard InChI is InChI=1S/C32H39F2N3O6/c1-20(38)37-18-23(22-14-15-26(42-31(33)34)27(16-22)41-19-21-12-13-21)17-32(37,2)30(40)43-28-11-7-10-25(35-28)29(39)36(3)24-8-5-4-6-9-24/h7,10-11,14-16,21,23-24,31H,4-6,8-9,12-13,17-19H2,1-3H3/t23?,32-/m1/s1. The number of alkyl halides is 2. The monoisotopic (exact) mass is 599 g/mol. The maximum atomic E-state index is 13.6. The van der Waals surface area contributed by atoms with Gasteiger partial charge in [0.05, 0.1) is 6.61 Å². The van der Waals surface area contributed by atoms with Gasteiger partial charge in [0.15, 0.2) is 11.5 Å². The second-order valence-electron chi connectivity index (χ2n) is 12.1. The summed E-state index contributed by atoms with van der Waals surface area (Å²) in [5, 5.41) is 0. The Labute approximate surface area is 250 Å². The lowest BCUT2D eigenvalue weighted by atomic mass is 9.89. The van der Waals surface area contributed by atoms with Crippen molar-refractivity contribution >= 4 is 17.8 Å². The van der Waals surface area contributed by atoms with E-state index < -0.39 is 18.1 Å². The van der Waals surface area contributed by atoms with Crippen molar-refractivity contribution in [1.29, 1.82) is 0 Å². The largest absolute Gasteiger partial charge is 0.489 e. The van der Waals surface area contributed by atoms with Crippen molar-refractivity contribution in [2.45, 2.75) is 89.3 Å². The molecule has 2 heterocycles. The number of aromatic nitrogens is 1. The summed E-state index contributed by atoms with van der Waals surface area (Å²) in [5.41, 5.74) is -0.419. The second-order valence-corrected chi connectivity index (χ2v) is 12.1. The summed E-state index contributed by atoms with van der Waals surface area (Å²) in [7, 11) is 1.78. The molecule has 2 saturated carbocycles. The average Bonchev–Trinajstić information content (AvgIpc) is 3.75. The molecule has 1 saturated heterocycles. The van der Waals surface area contributed by atoms with Crippen molar-refractivity contribution in [2.75, 3.05) is 20.2 Å².